The summed E-state index contributed by atoms with van der Waals surface area (Å²) in [6, 6.07) is 22.8. The first-order chi connectivity index (χ1) is 13.9. The lowest BCUT2D eigenvalue weighted by Gasteiger charge is -2.13. The molecule has 0 aromatic heterocycles. The number of anilines is 1. The van der Waals surface area contributed by atoms with Crippen molar-refractivity contribution in [1.82, 2.24) is 0 Å². The highest BCUT2D eigenvalue weighted by Gasteiger charge is 2.18. The summed E-state index contributed by atoms with van der Waals surface area (Å²) in [5.41, 5.74) is 7.89. The number of benzene rings is 3. The molecule has 1 aliphatic rings. The van der Waals surface area contributed by atoms with Gasteiger partial charge in [0.1, 0.15) is 0 Å². The number of nitrogens with one attached hydrogen (secondary N) is 1. The van der Waals surface area contributed by atoms with Gasteiger partial charge in [0.15, 0.2) is 0 Å². The van der Waals surface area contributed by atoms with E-state index < -0.39 is 10.0 Å². The molecule has 0 saturated heterocycles. The minimum atomic E-state index is -3.31. The lowest BCUT2D eigenvalue weighted by atomic mass is 9.92. The Hall–Kier alpha value is -2.50. The van der Waals surface area contributed by atoms with Gasteiger partial charge in [-0.25, -0.2) is 8.42 Å². The highest BCUT2D eigenvalue weighted by Crippen LogP contribution is 2.36. The zero-order valence-corrected chi connectivity index (χ0v) is 18.1. The van der Waals surface area contributed by atoms with Crippen LogP contribution in [-0.2, 0) is 22.9 Å². The Morgan fingerprint density at radius 2 is 1.66 bits per heavy atom. The fourth-order valence-electron chi connectivity index (χ4n) is 3.81. The van der Waals surface area contributed by atoms with Crippen LogP contribution in [0, 0.1) is 0 Å². The Labute approximate surface area is 176 Å². The Bertz CT molecular complexity index is 1200. The van der Waals surface area contributed by atoms with Crippen molar-refractivity contribution in [2.45, 2.75) is 17.7 Å². The van der Waals surface area contributed by atoms with Crippen molar-refractivity contribution in [3.05, 3.63) is 94.5 Å². The highest BCUT2D eigenvalue weighted by atomic mass is 32.2. The van der Waals surface area contributed by atoms with E-state index in [0.717, 1.165) is 18.4 Å². The zero-order valence-electron chi connectivity index (χ0n) is 16.5. The van der Waals surface area contributed by atoms with Gasteiger partial charge in [-0.2, -0.15) is 0 Å². The van der Waals surface area contributed by atoms with Crippen LogP contribution < -0.4 is 4.72 Å². The second-order valence-electron chi connectivity index (χ2n) is 7.24. The predicted molar refractivity (Wildman–Crippen MR) is 124 cm³/mol. The maximum Gasteiger partial charge on any atom is 0.229 e. The van der Waals surface area contributed by atoms with Gasteiger partial charge >= 0.3 is 0 Å². The molecule has 3 nitrogen and oxygen atoms in total. The molecular weight excluding hydrogens is 398 g/mol. The minimum Gasteiger partial charge on any atom is -0.284 e. The van der Waals surface area contributed by atoms with Crippen LogP contribution in [0.15, 0.2) is 71.6 Å². The molecule has 0 unspecified atom stereocenters. The number of rotatable bonds is 4. The Morgan fingerprint density at radius 1 is 0.897 bits per heavy atom. The summed E-state index contributed by atoms with van der Waals surface area (Å²) in [7, 11) is -3.31. The van der Waals surface area contributed by atoms with Crippen LogP contribution >= 0.6 is 11.8 Å². The molecule has 1 aliphatic carbocycles. The van der Waals surface area contributed by atoms with Crippen LogP contribution in [0.4, 0.5) is 5.69 Å². The van der Waals surface area contributed by atoms with E-state index in [1.54, 1.807) is 17.8 Å². The van der Waals surface area contributed by atoms with Crippen LogP contribution in [0.5, 0.6) is 0 Å². The van der Waals surface area contributed by atoms with Crippen molar-refractivity contribution in [3.8, 4) is 0 Å². The molecule has 1 N–H and O–H groups in total. The third-order valence-electron chi connectivity index (χ3n) is 5.07. The Morgan fingerprint density at radius 3 is 2.45 bits per heavy atom. The average Bonchev–Trinajstić information content (AvgIpc) is 2.84. The van der Waals surface area contributed by atoms with E-state index in [1.807, 2.05) is 18.2 Å². The van der Waals surface area contributed by atoms with E-state index in [-0.39, 0.29) is 0 Å². The number of aryl methyl sites for hydroxylation is 2. The summed E-state index contributed by atoms with van der Waals surface area (Å²) < 4.78 is 25.8. The number of fused-ring (bicyclic) bond motifs is 2. The van der Waals surface area contributed by atoms with Gasteiger partial charge in [0.05, 0.1) is 6.26 Å². The SMILES string of the molecule is CSc1ccc2c(c1)CCc1ccccc1C2=Cc1cccc(NS(C)(=O)=O)c1. The standard InChI is InChI=1S/C24H23NO2S2/c1-28-21-12-13-23-19(16-21)11-10-18-7-3-4-9-22(18)24(23)15-17-6-5-8-20(14-17)25-29(2,26)27/h3-9,12-16,25H,10-11H2,1-2H3. The van der Waals surface area contributed by atoms with Crippen LogP contribution in [0.2, 0.25) is 0 Å². The van der Waals surface area contributed by atoms with E-state index >= 15 is 0 Å². The molecule has 0 fully saturated rings. The number of hydrogen-bond donors (Lipinski definition) is 1. The maximum atomic E-state index is 11.6. The van der Waals surface area contributed by atoms with Crippen molar-refractivity contribution in [1.29, 1.82) is 0 Å². The quantitative estimate of drug-likeness (QED) is 0.569. The molecule has 0 spiro atoms. The smallest absolute Gasteiger partial charge is 0.229 e. The van der Waals surface area contributed by atoms with E-state index in [1.165, 1.54) is 39.0 Å². The number of thioether (sulfide) groups is 1. The van der Waals surface area contributed by atoms with Crippen molar-refractivity contribution < 1.29 is 8.42 Å². The van der Waals surface area contributed by atoms with E-state index in [9.17, 15) is 8.42 Å². The van der Waals surface area contributed by atoms with E-state index in [0.29, 0.717) is 5.69 Å². The predicted octanol–water partition coefficient (Wildman–Crippen LogP) is 5.47. The van der Waals surface area contributed by atoms with Gasteiger partial charge in [0, 0.05) is 10.6 Å². The summed E-state index contributed by atoms with van der Waals surface area (Å²) >= 11 is 1.76. The molecule has 3 aromatic rings. The molecule has 0 heterocycles. The van der Waals surface area contributed by atoms with Gasteiger partial charge in [-0.3, -0.25) is 4.72 Å². The van der Waals surface area contributed by atoms with Gasteiger partial charge < -0.3 is 0 Å². The van der Waals surface area contributed by atoms with Crippen molar-refractivity contribution in [2.24, 2.45) is 0 Å². The van der Waals surface area contributed by atoms with Gasteiger partial charge in [-0.1, -0.05) is 42.5 Å². The molecule has 0 aliphatic heterocycles. The third kappa shape index (κ3) is 4.57. The van der Waals surface area contributed by atoms with Gasteiger partial charge in [0.2, 0.25) is 10.0 Å². The largest absolute Gasteiger partial charge is 0.284 e. The molecule has 0 bridgehead atoms. The molecule has 29 heavy (non-hydrogen) atoms. The van der Waals surface area contributed by atoms with E-state index in [4.69, 9.17) is 0 Å². The second-order valence-corrected chi connectivity index (χ2v) is 9.87. The van der Waals surface area contributed by atoms with Gasteiger partial charge in [0.25, 0.3) is 0 Å². The third-order valence-corrected chi connectivity index (χ3v) is 6.41. The van der Waals surface area contributed by atoms with Crippen LogP contribution in [0.1, 0.15) is 27.8 Å². The fraction of sp³-hybridized carbons (Fsp3) is 0.167. The average molecular weight is 422 g/mol. The number of hydrogen-bond acceptors (Lipinski definition) is 3. The zero-order chi connectivity index (χ0) is 20.4. The molecular formula is C24H23NO2S2. The lowest BCUT2D eigenvalue weighted by molar-refractivity contribution is 0.607. The molecule has 0 saturated carbocycles. The molecule has 5 heteroatoms. The highest BCUT2D eigenvalue weighted by molar-refractivity contribution is 7.98. The first-order valence-electron chi connectivity index (χ1n) is 9.48. The van der Waals surface area contributed by atoms with Gasteiger partial charge in [-0.05, 0) is 82.8 Å². The Kier molecular flexibility index (Phi) is 5.52. The molecule has 148 valence electrons. The molecule has 3 aromatic carbocycles. The summed E-state index contributed by atoms with van der Waals surface area (Å²) in [6.07, 6.45) is 7.44. The van der Waals surface area contributed by atoms with Crippen molar-refractivity contribution >= 4 is 39.1 Å². The summed E-state index contributed by atoms with van der Waals surface area (Å²) in [5.74, 6) is 0. The first kappa shape index (κ1) is 19.8. The summed E-state index contributed by atoms with van der Waals surface area (Å²) in [6.45, 7) is 0. The molecule has 0 radical (unpaired) electrons. The second kappa shape index (κ2) is 8.09. The monoisotopic (exact) mass is 421 g/mol. The first-order valence-corrected chi connectivity index (χ1v) is 12.6. The normalized spacial score (nSPS) is 14.8. The fourth-order valence-corrected chi connectivity index (χ4v) is 4.83. The minimum absolute atomic E-state index is 0.571. The molecule has 0 amide bonds. The topological polar surface area (TPSA) is 46.2 Å². The van der Waals surface area contributed by atoms with Crippen LogP contribution in [0.3, 0.4) is 0 Å². The Balaban J connectivity index is 1.87. The molecule has 4 rings (SSSR count). The molecule has 0 atom stereocenters. The van der Waals surface area contributed by atoms with Crippen molar-refractivity contribution in [3.63, 3.8) is 0 Å². The van der Waals surface area contributed by atoms with Crippen LogP contribution in [0.25, 0.3) is 11.6 Å². The van der Waals surface area contributed by atoms with E-state index in [2.05, 4.69) is 59.5 Å². The van der Waals surface area contributed by atoms with Gasteiger partial charge in [-0.15, -0.1) is 11.8 Å². The lowest BCUT2D eigenvalue weighted by Crippen LogP contribution is -2.09. The summed E-state index contributed by atoms with van der Waals surface area (Å²) in [4.78, 5) is 1.27. The van der Waals surface area contributed by atoms with Crippen LogP contribution in [-0.4, -0.2) is 20.9 Å². The van der Waals surface area contributed by atoms with Crippen molar-refractivity contribution in [2.75, 3.05) is 17.2 Å². The number of sulfonamides is 1. The summed E-state index contributed by atoms with van der Waals surface area (Å²) in [5, 5.41) is 0. The maximum absolute atomic E-state index is 11.6.